The number of pyridine rings is 1. The Balaban J connectivity index is 1.81. The molecule has 0 amide bonds. The Kier molecular flexibility index (Phi) is 3.53. The van der Waals surface area contributed by atoms with E-state index >= 15 is 0 Å². The van der Waals surface area contributed by atoms with E-state index in [1.54, 1.807) is 11.3 Å². The zero-order valence-electron chi connectivity index (χ0n) is 11.1. The van der Waals surface area contributed by atoms with Crippen molar-refractivity contribution in [1.82, 2.24) is 4.98 Å². The van der Waals surface area contributed by atoms with Gasteiger partial charge in [-0.1, -0.05) is 0 Å². The van der Waals surface area contributed by atoms with Gasteiger partial charge in [-0.15, -0.1) is 0 Å². The van der Waals surface area contributed by atoms with E-state index in [1.807, 2.05) is 13.1 Å². The van der Waals surface area contributed by atoms with Gasteiger partial charge in [-0.3, -0.25) is 0 Å². The molecule has 3 nitrogen and oxygen atoms in total. The molecule has 0 atom stereocenters. The van der Waals surface area contributed by atoms with E-state index in [2.05, 4.69) is 21.8 Å². The number of aromatic nitrogens is 1. The maximum atomic E-state index is 5.76. The minimum Gasteiger partial charge on any atom is -0.477 e. The summed E-state index contributed by atoms with van der Waals surface area (Å²) in [4.78, 5) is 4.45. The van der Waals surface area contributed by atoms with Crippen LogP contribution in [0, 0.1) is 12.8 Å². The van der Waals surface area contributed by atoms with E-state index in [0.29, 0.717) is 6.54 Å². The van der Waals surface area contributed by atoms with Crippen molar-refractivity contribution in [3.63, 3.8) is 0 Å². The van der Waals surface area contributed by atoms with E-state index in [4.69, 9.17) is 10.5 Å². The Labute approximate surface area is 117 Å². The number of nitrogens with two attached hydrogens (primary N) is 1. The molecule has 1 aliphatic rings. The molecule has 0 spiro atoms. The van der Waals surface area contributed by atoms with Gasteiger partial charge in [0.15, 0.2) is 0 Å². The van der Waals surface area contributed by atoms with Gasteiger partial charge in [-0.25, -0.2) is 4.98 Å². The zero-order valence-corrected chi connectivity index (χ0v) is 11.9. The SMILES string of the molecule is Cc1cc(-c2cscc2CN)cnc1OCC1CC1. The molecule has 1 fully saturated rings. The van der Waals surface area contributed by atoms with Crippen LogP contribution in [0.5, 0.6) is 5.88 Å². The predicted octanol–water partition coefficient (Wildman–Crippen LogP) is 3.37. The Bertz CT molecular complexity index is 575. The van der Waals surface area contributed by atoms with Gasteiger partial charge in [0.05, 0.1) is 6.61 Å². The van der Waals surface area contributed by atoms with E-state index in [9.17, 15) is 0 Å². The van der Waals surface area contributed by atoms with Crippen molar-refractivity contribution in [2.75, 3.05) is 6.61 Å². The van der Waals surface area contributed by atoms with Crippen LogP contribution in [0.25, 0.3) is 11.1 Å². The fourth-order valence-corrected chi connectivity index (χ4v) is 2.96. The summed E-state index contributed by atoms with van der Waals surface area (Å²) in [6.07, 6.45) is 4.48. The standard InChI is InChI=1S/C15H18N2OS/c1-10-4-12(14-9-19-8-13(14)5-16)6-17-15(10)18-7-11-2-3-11/h4,6,8-9,11H,2-3,5,7,16H2,1H3. The molecule has 3 rings (SSSR count). The topological polar surface area (TPSA) is 48.1 Å². The molecule has 1 aliphatic carbocycles. The molecule has 4 heteroatoms. The Morgan fingerprint density at radius 2 is 2.26 bits per heavy atom. The summed E-state index contributed by atoms with van der Waals surface area (Å²) >= 11 is 1.68. The zero-order chi connectivity index (χ0) is 13.2. The third kappa shape index (κ3) is 2.80. The molecule has 2 aromatic rings. The van der Waals surface area contributed by atoms with Gasteiger partial charge in [0, 0.05) is 23.9 Å². The minimum absolute atomic E-state index is 0.567. The summed E-state index contributed by atoms with van der Waals surface area (Å²) in [6, 6.07) is 2.14. The molecular formula is C15H18N2OS. The lowest BCUT2D eigenvalue weighted by Crippen LogP contribution is -2.02. The molecule has 2 heterocycles. The largest absolute Gasteiger partial charge is 0.477 e. The van der Waals surface area contributed by atoms with Crippen molar-refractivity contribution in [3.05, 3.63) is 34.2 Å². The van der Waals surface area contributed by atoms with Gasteiger partial charge in [-0.2, -0.15) is 11.3 Å². The Morgan fingerprint density at radius 1 is 1.42 bits per heavy atom. The van der Waals surface area contributed by atoms with Crippen molar-refractivity contribution in [3.8, 4) is 17.0 Å². The van der Waals surface area contributed by atoms with Crippen molar-refractivity contribution >= 4 is 11.3 Å². The molecule has 0 aliphatic heterocycles. The lowest BCUT2D eigenvalue weighted by molar-refractivity contribution is 0.286. The molecule has 2 N–H and O–H groups in total. The van der Waals surface area contributed by atoms with Gasteiger partial charge < -0.3 is 10.5 Å². The number of hydrogen-bond donors (Lipinski definition) is 1. The second-order valence-electron chi connectivity index (χ2n) is 5.12. The maximum Gasteiger partial charge on any atom is 0.216 e. The van der Waals surface area contributed by atoms with Gasteiger partial charge in [0.2, 0.25) is 5.88 Å². The second kappa shape index (κ2) is 5.31. The Morgan fingerprint density at radius 3 is 2.95 bits per heavy atom. The molecule has 0 bridgehead atoms. The first-order chi connectivity index (χ1) is 9.28. The summed E-state index contributed by atoms with van der Waals surface area (Å²) in [6.45, 7) is 3.42. The number of aryl methyl sites for hydroxylation is 1. The first-order valence-corrected chi connectivity index (χ1v) is 7.57. The molecule has 0 saturated heterocycles. The van der Waals surface area contributed by atoms with E-state index in [0.717, 1.165) is 29.5 Å². The number of hydrogen-bond acceptors (Lipinski definition) is 4. The fraction of sp³-hybridized carbons (Fsp3) is 0.400. The highest BCUT2D eigenvalue weighted by Crippen LogP contribution is 2.32. The van der Waals surface area contributed by atoms with Crippen LogP contribution in [0.2, 0.25) is 0 Å². The summed E-state index contributed by atoms with van der Waals surface area (Å²) in [5, 5.41) is 4.23. The number of thiophene rings is 1. The monoisotopic (exact) mass is 274 g/mol. The second-order valence-corrected chi connectivity index (χ2v) is 5.86. The van der Waals surface area contributed by atoms with Gasteiger partial charge >= 0.3 is 0 Å². The molecule has 0 radical (unpaired) electrons. The van der Waals surface area contributed by atoms with E-state index < -0.39 is 0 Å². The van der Waals surface area contributed by atoms with E-state index in [1.165, 1.54) is 24.0 Å². The van der Waals surface area contributed by atoms with Crippen LogP contribution in [-0.2, 0) is 6.54 Å². The number of rotatable bonds is 5. The van der Waals surface area contributed by atoms with Crippen LogP contribution >= 0.6 is 11.3 Å². The summed E-state index contributed by atoms with van der Waals surface area (Å²) in [5.74, 6) is 1.52. The molecule has 1 saturated carbocycles. The van der Waals surface area contributed by atoms with Crippen molar-refractivity contribution in [1.29, 1.82) is 0 Å². The fourth-order valence-electron chi connectivity index (χ4n) is 2.08. The average Bonchev–Trinajstić information content (AvgIpc) is 3.12. The number of ether oxygens (including phenoxy) is 1. The minimum atomic E-state index is 0.567. The lowest BCUT2D eigenvalue weighted by atomic mass is 10.1. The summed E-state index contributed by atoms with van der Waals surface area (Å²) in [7, 11) is 0. The maximum absolute atomic E-state index is 5.76. The first kappa shape index (κ1) is 12.6. The predicted molar refractivity (Wildman–Crippen MR) is 78.4 cm³/mol. The third-order valence-corrected chi connectivity index (χ3v) is 4.25. The number of nitrogens with zero attached hydrogens (tertiary/aromatic N) is 1. The summed E-state index contributed by atoms with van der Waals surface area (Å²) in [5.41, 5.74) is 10.3. The lowest BCUT2D eigenvalue weighted by Gasteiger charge is -2.09. The van der Waals surface area contributed by atoms with Crippen molar-refractivity contribution < 1.29 is 4.74 Å². The Hall–Kier alpha value is -1.39. The normalized spacial score (nSPS) is 14.6. The molecule has 2 aromatic heterocycles. The van der Waals surface area contributed by atoms with Gasteiger partial charge in [0.25, 0.3) is 0 Å². The highest BCUT2D eigenvalue weighted by molar-refractivity contribution is 7.08. The quantitative estimate of drug-likeness (QED) is 0.909. The molecule has 0 unspecified atom stereocenters. The molecular weight excluding hydrogens is 256 g/mol. The van der Waals surface area contributed by atoms with Crippen LogP contribution in [0.3, 0.4) is 0 Å². The van der Waals surface area contributed by atoms with Crippen LogP contribution in [0.4, 0.5) is 0 Å². The summed E-state index contributed by atoms with van der Waals surface area (Å²) < 4.78 is 5.76. The molecule has 0 aromatic carbocycles. The van der Waals surface area contributed by atoms with Gasteiger partial charge in [-0.05, 0) is 53.6 Å². The molecule has 100 valence electrons. The molecule has 19 heavy (non-hydrogen) atoms. The first-order valence-electron chi connectivity index (χ1n) is 6.63. The van der Waals surface area contributed by atoms with Crippen LogP contribution in [0.1, 0.15) is 24.0 Å². The highest BCUT2D eigenvalue weighted by Gasteiger charge is 2.22. The van der Waals surface area contributed by atoms with Crippen LogP contribution in [0.15, 0.2) is 23.0 Å². The van der Waals surface area contributed by atoms with E-state index in [-0.39, 0.29) is 0 Å². The highest BCUT2D eigenvalue weighted by atomic mass is 32.1. The smallest absolute Gasteiger partial charge is 0.216 e. The van der Waals surface area contributed by atoms with Crippen molar-refractivity contribution in [2.45, 2.75) is 26.3 Å². The van der Waals surface area contributed by atoms with Gasteiger partial charge in [0.1, 0.15) is 0 Å². The van der Waals surface area contributed by atoms with Crippen LogP contribution < -0.4 is 10.5 Å². The van der Waals surface area contributed by atoms with Crippen molar-refractivity contribution in [2.24, 2.45) is 11.7 Å². The average molecular weight is 274 g/mol. The third-order valence-electron chi connectivity index (χ3n) is 3.46. The van der Waals surface area contributed by atoms with Crippen LogP contribution in [-0.4, -0.2) is 11.6 Å².